The van der Waals surface area contributed by atoms with Crippen molar-refractivity contribution in [3.63, 3.8) is 0 Å². The molecule has 0 spiro atoms. The van der Waals surface area contributed by atoms with Gasteiger partial charge in [-0.2, -0.15) is 9.97 Å². The normalized spacial score (nSPS) is 25.2. The molecule has 7 rings (SSSR count). The highest BCUT2D eigenvalue weighted by Crippen LogP contribution is 2.39. The highest BCUT2D eigenvalue weighted by Gasteiger charge is 2.34. The number of rotatable bonds is 6. The van der Waals surface area contributed by atoms with Crippen molar-refractivity contribution in [2.45, 2.75) is 57.2 Å². The van der Waals surface area contributed by atoms with Gasteiger partial charge in [-0.3, -0.25) is 4.98 Å². The summed E-state index contributed by atoms with van der Waals surface area (Å²) in [6.07, 6.45) is 4.42. The molecule has 10 heteroatoms. The molecule has 41 heavy (non-hydrogen) atoms. The van der Waals surface area contributed by atoms with Crippen LogP contribution in [0.2, 0.25) is 0 Å². The van der Waals surface area contributed by atoms with Gasteiger partial charge in [0.25, 0.3) is 0 Å². The Balaban J connectivity index is 1.40. The average molecular weight is 566 g/mol. The molecule has 3 aliphatic rings. The van der Waals surface area contributed by atoms with Crippen LogP contribution < -0.4 is 15.0 Å². The minimum absolute atomic E-state index is 0.148. The van der Waals surface area contributed by atoms with Gasteiger partial charge < -0.3 is 25.0 Å². The number of aromatic hydroxyl groups is 1. The lowest BCUT2D eigenvalue weighted by Crippen LogP contribution is -2.51. The van der Waals surface area contributed by atoms with Gasteiger partial charge in [-0.25, -0.2) is 8.78 Å². The van der Waals surface area contributed by atoms with Crippen LogP contribution in [0.15, 0.2) is 30.5 Å². The maximum absolute atomic E-state index is 16.8. The molecule has 214 valence electrons. The summed E-state index contributed by atoms with van der Waals surface area (Å²) >= 11 is 0. The quantitative estimate of drug-likeness (QED) is 0.345. The van der Waals surface area contributed by atoms with Crippen LogP contribution in [0, 0.1) is 11.6 Å². The second-order valence-corrected chi connectivity index (χ2v) is 11.1. The van der Waals surface area contributed by atoms with E-state index in [1.54, 1.807) is 6.92 Å². The Kier molecular flexibility index (Phi) is 5.32. The summed E-state index contributed by atoms with van der Waals surface area (Å²) in [5, 5.41) is 15.3. The maximum atomic E-state index is 16.8. The molecule has 4 aromatic rings. The van der Waals surface area contributed by atoms with E-state index in [1.807, 2.05) is 4.90 Å². The predicted octanol–water partition coefficient (Wildman–Crippen LogP) is 4.80. The van der Waals surface area contributed by atoms with E-state index in [0.29, 0.717) is 48.1 Å². The number of aromatic nitrogens is 3. The number of benzene rings is 2. The fourth-order valence-electron chi connectivity index (χ4n) is 6.51. The molecule has 3 saturated heterocycles. The number of ether oxygens (including phenoxy) is 1. The van der Waals surface area contributed by atoms with E-state index in [2.05, 4.69) is 20.3 Å². The molecule has 2 aromatic carbocycles. The number of fused-ring (bicyclic) bond motifs is 4. The number of piperazine rings is 1. The fourth-order valence-corrected chi connectivity index (χ4v) is 6.51. The van der Waals surface area contributed by atoms with Crippen LogP contribution in [-0.2, 0) is 6.42 Å². The lowest BCUT2D eigenvalue weighted by Gasteiger charge is -2.34. The van der Waals surface area contributed by atoms with Crippen LogP contribution in [-0.4, -0.2) is 76.3 Å². The number of phenolic OH excluding ortho intramolecular Hbond substituents is 1. The molecule has 2 bridgehead atoms. The van der Waals surface area contributed by atoms with Gasteiger partial charge in [0.05, 0.1) is 8.13 Å². The molecule has 0 saturated carbocycles. The minimum atomic E-state index is -2.53. The van der Waals surface area contributed by atoms with Crippen molar-refractivity contribution in [3.05, 3.63) is 47.7 Å². The number of likely N-dealkylation sites (tertiary alicyclic amines) is 1. The molecule has 2 N–H and O–H groups in total. The number of anilines is 1. The van der Waals surface area contributed by atoms with Crippen molar-refractivity contribution in [2.24, 2.45) is 0 Å². The van der Waals surface area contributed by atoms with Crippen LogP contribution in [0.4, 0.5) is 14.6 Å². The summed E-state index contributed by atoms with van der Waals surface area (Å²) in [7, 11) is 0. The first-order valence-corrected chi connectivity index (χ1v) is 14.1. The van der Waals surface area contributed by atoms with Gasteiger partial charge in [0.15, 0.2) is 5.82 Å². The Morgan fingerprint density at radius 2 is 2.00 bits per heavy atom. The first kappa shape index (κ1) is 21.1. The summed E-state index contributed by atoms with van der Waals surface area (Å²) in [4.78, 5) is 16.5. The largest absolute Gasteiger partial charge is 0.508 e. The van der Waals surface area contributed by atoms with Gasteiger partial charge in [0, 0.05) is 47.1 Å². The van der Waals surface area contributed by atoms with E-state index in [4.69, 9.17) is 11.6 Å². The fraction of sp³-hybridized carbons (Fsp3) is 0.452. The zero-order valence-corrected chi connectivity index (χ0v) is 22.6. The third kappa shape index (κ3) is 4.63. The lowest BCUT2D eigenvalue weighted by molar-refractivity contribution is 0.188. The molecule has 3 aliphatic heterocycles. The molecule has 0 radical (unpaired) electrons. The molecule has 3 fully saturated rings. The Labute approximate surface area is 244 Å². The van der Waals surface area contributed by atoms with Gasteiger partial charge in [-0.15, -0.1) is 0 Å². The number of aryl methyl sites for hydroxylation is 1. The molecule has 8 nitrogen and oxygen atoms in total. The van der Waals surface area contributed by atoms with E-state index < -0.39 is 37.2 Å². The Bertz CT molecular complexity index is 1830. The number of halogens is 2. The average Bonchev–Trinajstić information content (AvgIpc) is 3.64. The molecule has 3 atom stereocenters. The topological polar surface area (TPSA) is 86.6 Å². The number of nitrogens with one attached hydrogen (secondary N) is 1. The predicted molar refractivity (Wildman–Crippen MR) is 155 cm³/mol. The highest BCUT2D eigenvalue weighted by molar-refractivity contribution is 6.01. The SMILES string of the molecule is [2H]C([2H])(Oc1nc(N2C[C@H]3CC[C@@H](C2)N3)c2cnc(-c3cc(O)cc4ccc(F)c(CC)c34)c(F)c2n1)[C@@H]1CCCN1C([2H])([2H])[2H]. The first-order valence-electron chi connectivity index (χ1n) is 16.6. The van der Waals surface area contributed by atoms with Gasteiger partial charge in [-0.05, 0) is 80.2 Å². The van der Waals surface area contributed by atoms with Crippen molar-refractivity contribution in [1.29, 1.82) is 0 Å². The van der Waals surface area contributed by atoms with Crippen LogP contribution in [0.25, 0.3) is 32.9 Å². The molecular formula is C31H34F2N6O2. The third-order valence-corrected chi connectivity index (χ3v) is 8.46. The lowest BCUT2D eigenvalue weighted by atomic mass is 9.94. The molecule has 5 heterocycles. The number of pyridine rings is 1. The van der Waals surface area contributed by atoms with Crippen molar-refractivity contribution >= 4 is 27.5 Å². The Hall–Kier alpha value is -3.63. The summed E-state index contributed by atoms with van der Waals surface area (Å²) in [6.45, 7) is -1.93. The highest BCUT2D eigenvalue weighted by atomic mass is 19.1. The number of phenols is 1. The molecular weight excluding hydrogens is 526 g/mol. The Morgan fingerprint density at radius 3 is 2.78 bits per heavy atom. The third-order valence-electron chi connectivity index (χ3n) is 8.46. The van der Waals surface area contributed by atoms with E-state index in [0.717, 1.165) is 17.7 Å². The zero-order chi connectivity index (χ0) is 32.5. The van der Waals surface area contributed by atoms with Crippen molar-refractivity contribution in [2.75, 3.05) is 38.1 Å². The molecule has 0 aliphatic carbocycles. The van der Waals surface area contributed by atoms with Gasteiger partial charge >= 0.3 is 6.01 Å². The maximum Gasteiger partial charge on any atom is 0.319 e. The van der Waals surface area contributed by atoms with Crippen molar-refractivity contribution in [3.8, 4) is 23.0 Å². The van der Waals surface area contributed by atoms with Crippen LogP contribution in [0.3, 0.4) is 0 Å². The smallest absolute Gasteiger partial charge is 0.319 e. The summed E-state index contributed by atoms with van der Waals surface area (Å²) in [6, 6.07) is 4.51. The monoisotopic (exact) mass is 565 g/mol. The van der Waals surface area contributed by atoms with E-state index in [1.165, 1.54) is 30.5 Å². The van der Waals surface area contributed by atoms with Crippen LogP contribution in [0.1, 0.15) is 45.0 Å². The van der Waals surface area contributed by atoms with E-state index >= 15 is 4.39 Å². The van der Waals surface area contributed by atoms with Crippen molar-refractivity contribution < 1.29 is 25.5 Å². The summed E-state index contributed by atoms with van der Waals surface area (Å²) in [5.41, 5.74) is 0.179. The summed E-state index contributed by atoms with van der Waals surface area (Å²) < 4.78 is 78.7. The second kappa shape index (κ2) is 10.3. The number of likely N-dealkylation sites (N-methyl/N-ethyl adjacent to an activating group) is 1. The van der Waals surface area contributed by atoms with Gasteiger partial charge in [-0.1, -0.05) is 13.0 Å². The van der Waals surface area contributed by atoms with Gasteiger partial charge in [0.2, 0.25) is 0 Å². The standard InChI is InChI=1S/C31H34F2N6O2/c1-3-22-25(32)9-6-17-11-21(40)12-23(26(17)22)28-27(33)29-24(13-34-28)30(39-14-18-7-8-19(15-39)35-18)37-31(36-29)41-16-20-5-4-10-38(20)2/h6,9,11-13,18-20,35,40H,3-5,7-8,10,14-16H2,1-2H3/t18-,19+,20-/m0/s1/i2D3,16D2. The first-order chi connectivity index (χ1) is 21.8. The van der Waals surface area contributed by atoms with E-state index in [9.17, 15) is 9.50 Å². The molecule has 0 unspecified atom stereocenters. The van der Waals surface area contributed by atoms with E-state index in [-0.39, 0.29) is 53.0 Å². The zero-order valence-electron chi connectivity index (χ0n) is 27.6. The Morgan fingerprint density at radius 1 is 1.17 bits per heavy atom. The van der Waals surface area contributed by atoms with Crippen molar-refractivity contribution in [1.82, 2.24) is 25.2 Å². The second-order valence-electron chi connectivity index (χ2n) is 11.1. The van der Waals surface area contributed by atoms with Gasteiger partial charge in [0.1, 0.15) is 35.2 Å². The van der Waals surface area contributed by atoms with Crippen LogP contribution in [0.5, 0.6) is 11.8 Å². The minimum Gasteiger partial charge on any atom is -0.508 e. The number of nitrogens with zero attached hydrogens (tertiary/aromatic N) is 5. The van der Waals surface area contributed by atoms with Crippen LogP contribution >= 0.6 is 0 Å². The number of hydrogen-bond acceptors (Lipinski definition) is 8. The summed E-state index contributed by atoms with van der Waals surface area (Å²) in [5.74, 6) is -1.15. The molecule has 2 aromatic heterocycles. The number of hydrogen-bond donors (Lipinski definition) is 2. The molecule has 0 amide bonds.